The molecular formula is C27H21FN2O3S. The van der Waals surface area contributed by atoms with E-state index in [9.17, 15) is 22.4 Å². The lowest BCUT2D eigenvalue weighted by atomic mass is 9.70. The van der Waals surface area contributed by atoms with Gasteiger partial charge in [0.25, 0.3) is 0 Å². The fourth-order valence-electron chi connectivity index (χ4n) is 4.95. The molecule has 1 N–H and O–H groups in total. The number of carbonyl (C=O) groups is 1. The molecule has 1 aliphatic carbocycles. The highest BCUT2D eigenvalue weighted by Gasteiger charge is 2.40. The van der Waals surface area contributed by atoms with Gasteiger partial charge in [-0.15, -0.1) is 3.89 Å². The molecule has 5 nitrogen and oxygen atoms in total. The highest BCUT2D eigenvalue weighted by molar-refractivity contribution is 7.86. The number of halogens is 1. The number of fused-ring (bicyclic) bond motifs is 4. The van der Waals surface area contributed by atoms with Crippen molar-refractivity contribution in [1.29, 1.82) is 5.26 Å². The van der Waals surface area contributed by atoms with Gasteiger partial charge in [-0.25, -0.2) is 0 Å². The van der Waals surface area contributed by atoms with Crippen molar-refractivity contribution in [2.45, 2.75) is 37.5 Å². The number of benzene rings is 3. The molecule has 0 amide bonds. The molecule has 1 heterocycles. The molecule has 4 aromatic rings. The van der Waals surface area contributed by atoms with E-state index < -0.39 is 15.6 Å². The molecule has 0 aliphatic heterocycles. The van der Waals surface area contributed by atoms with E-state index >= 15 is 0 Å². The second-order valence-corrected chi connectivity index (χ2v) is 10.4. The van der Waals surface area contributed by atoms with Crippen LogP contribution in [0, 0.1) is 11.3 Å². The highest BCUT2D eigenvalue weighted by atomic mass is 32.3. The van der Waals surface area contributed by atoms with Gasteiger partial charge >= 0.3 is 10.2 Å². The molecule has 0 unspecified atom stereocenters. The summed E-state index contributed by atoms with van der Waals surface area (Å²) in [5.41, 5.74) is 6.20. The number of H-pyrrole nitrogens is 1. The van der Waals surface area contributed by atoms with Crippen LogP contribution in [-0.4, -0.2) is 19.2 Å². The average molecular weight is 473 g/mol. The molecule has 3 aromatic carbocycles. The zero-order chi connectivity index (χ0) is 24.4. The second kappa shape index (κ2) is 7.37. The van der Waals surface area contributed by atoms with Crippen LogP contribution in [0.5, 0.6) is 0 Å². The Kier molecular flexibility index (Phi) is 4.78. The van der Waals surface area contributed by atoms with Gasteiger partial charge in [-0.2, -0.15) is 13.7 Å². The van der Waals surface area contributed by atoms with Crippen molar-refractivity contribution in [3.05, 3.63) is 88.1 Å². The van der Waals surface area contributed by atoms with Crippen molar-refractivity contribution in [2.24, 2.45) is 0 Å². The molecule has 0 radical (unpaired) electrons. The van der Waals surface area contributed by atoms with E-state index in [2.05, 4.69) is 11.1 Å². The Labute approximate surface area is 197 Å². The lowest BCUT2D eigenvalue weighted by Gasteiger charge is -2.33. The Hall–Kier alpha value is -3.76. The van der Waals surface area contributed by atoms with Gasteiger partial charge in [0.1, 0.15) is 0 Å². The summed E-state index contributed by atoms with van der Waals surface area (Å²) in [6, 6.07) is 17.0. The number of aryl methyl sites for hydroxylation is 1. The Morgan fingerprint density at radius 2 is 1.74 bits per heavy atom. The van der Waals surface area contributed by atoms with Crippen LogP contribution in [0.15, 0.2) is 59.5 Å². The van der Waals surface area contributed by atoms with E-state index in [-0.39, 0.29) is 10.7 Å². The third kappa shape index (κ3) is 3.17. The Morgan fingerprint density at radius 3 is 2.35 bits per heavy atom. The highest BCUT2D eigenvalue weighted by Crippen LogP contribution is 2.45. The summed E-state index contributed by atoms with van der Waals surface area (Å²) < 4.78 is 35.8. The van der Waals surface area contributed by atoms with Gasteiger partial charge in [0.15, 0.2) is 5.78 Å². The fourth-order valence-corrected chi connectivity index (χ4v) is 5.41. The predicted octanol–water partition coefficient (Wildman–Crippen LogP) is 5.80. The molecule has 0 atom stereocenters. The van der Waals surface area contributed by atoms with Gasteiger partial charge in [0.05, 0.1) is 22.1 Å². The molecule has 1 aliphatic rings. The number of aromatic nitrogens is 1. The molecule has 0 fully saturated rings. The maximum Gasteiger partial charge on any atom is 0.332 e. The number of hydrogen-bond donors (Lipinski definition) is 1. The largest absolute Gasteiger partial charge is 0.357 e. The minimum atomic E-state index is -4.78. The van der Waals surface area contributed by atoms with E-state index in [0.717, 1.165) is 38.9 Å². The minimum absolute atomic E-state index is 0.0691. The van der Waals surface area contributed by atoms with Crippen LogP contribution in [0.3, 0.4) is 0 Å². The standard InChI is InChI=1S/C27H21FN2O3S/c1-4-16-12-21-22(13-20(16)17-6-8-18(9-7-17)34(28,32)33)27(2,3)26-24(25(21)31)19-10-5-15(14-29)11-23(19)30-26/h5-13,30H,4H2,1-3H3. The van der Waals surface area contributed by atoms with Gasteiger partial charge in [-0.1, -0.05) is 39.0 Å². The summed E-state index contributed by atoms with van der Waals surface area (Å²) in [5.74, 6) is -0.0691. The van der Waals surface area contributed by atoms with Crippen molar-refractivity contribution < 1.29 is 17.1 Å². The van der Waals surface area contributed by atoms with Crippen LogP contribution in [0.4, 0.5) is 3.89 Å². The Bertz CT molecular complexity index is 1660. The number of aromatic amines is 1. The molecule has 1 aromatic heterocycles. The maximum absolute atomic E-state index is 13.7. The summed E-state index contributed by atoms with van der Waals surface area (Å²) in [6.07, 6.45) is 0.658. The number of hydrogen-bond acceptors (Lipinski definition) is 4. The van der Waals surface area contributed by atoms with Crippen molar-refractivity contribution in [2.75, 3.05) is 0 Å². The topological polar surface area (TPSA) is 90.8 Å². The SMILES string of the molecule is CCc1cc2c(cc1-c1ccc(S(=O)(=O)F)cc1)C(C)(C)c1[nH]c3cc(C#N)ccc3c1C2=O. The van der Waals surface area contributed by atoms with Crippen LogP contribution in [0.2, 0.25) is 0 Å². The van der Waals surface area contributed by atoms with Gasteiger partial charge in [-0.05, 0) is 65.1 Å². The number of ketones is 1. The van der Waals surface area contributed by atoms with E-state index in [1.54, 1.807) is 24.3 Å². The normalized spacial score (nSPS) is 14.5. The number of rotatable bonds is 3. The first-order valence-corrected chi connectivity index (χ1v) is 12.3. The summed E-state index contributed by atoms with van der Waals surface area (Å²) >= 11 is 0. The first-order chi connectivity index (χ1) is 16.1. The van der Waals surface area contributed by atoms with Gasteiger partial charge in [-0.3, -0.25) is 4.79 Å². The maximum atomic E-state index is 13.7. The Morgan fingerprint density at radius 1 is 1.03 bits per heavy atom. The quantitative estimate of drug-likeness (QED) is 0.382. The van der Waals surface area contributed by atoms with Crippen LogP contribution in [0.25, 0.3) is 22.0 Å². The van der Waals surface area contributed by atoms with Crippen molar-refractivity contribution >= 4 is 26.9 Å². The number of nitriles is 1. The van der Waals surface area contributed by atoms with Crippen molar-refractivity contribution in [3.8, 4) is 17.2 Å². The molecule has 0 saturated carbocycles. The van der Waals surface area contributed by atoms with Crippen molar-refractivity contribution in [1.82, 2.24) is 4.98 Å². The molecule has 0 spiro atoms. The first-order valence-electron chi connectivity index (χ1n) is 10.9. The molecule has 0 bridgehead atoms. The van der Waals surface area contributed by atoms with E-state index in [1.165, 1.54) is 12.1 Å². The summed E-state index contributed by atoms with van der Waals surface area (Å²) in [7, 11) is -4.78. The number of nitrogens with one attached hydrogen (secondary N) is 1. The molecule has 7 heteroatoms. The predicted molar refractivity (Wildman–Crippen MR) is 128 cm³/mol. The van der Waals surface area contributed by atoms with Crippen LogP contribution in [0.1, 0.15) is 59.1 Å². The smallest absolute Gasteiger partial charge is 0.332 e. The van der Waals surface area contributed by atoms with Gasteiger partial charge < -0.3 is 4.98 Å². The first kappa shape index (κ1) is 22.1. The van der Waals surface area contributed by atoms with Gasteiger partial charge in [0, 0.05) is 27.6 Å². The second-order valence-electron chi connectivity index (χ2n) is 9.07. The lowest BCUT2D eigenvalue weighted by molar-refractivity contribution is 0.103. The average Bonchev–Trinajstić information content (AvgIpc) is 3.21. The van der Waals surface area contributed by atoms with Crippen LogP contribution < -0.4 is 0 Å². The third-order valence-electron chi connectivity index (χ3n) is 6.77. The van der Waals surface area contributed by atoms with E-state index in [1.807, 2.05) is 39.0 Å². The molecule has 34 heavy (non-hydrogen) atoms. The molecule has 0 saturated heterocycles. The minimum Gasteiger partial charge on any atom is -0.357 e. The monoisotopic (exact) mass is 472 g/mol. The van der Waals surface area contributed by atoms with Crippen LogP contribution >= 0.6 is 0 Å². The summed E-state index contributed by atoms with van der Waals surface area (Å²) in [4.78, 5) is 16.7. The van der Waals surface area contributed by atoms with Crippen molar-refractivity contribution in [3.63, 3.8) is 0 Å². The number of nitrogens with zero attached hydrogens (tertiary/aromatic N) is 1. The van der Waals surface area contributed by atoms with Gasteiger partial charge in [0.2, 0.25) is 0 Å². The zero-order valence-electron chi connectivity index (χ0n) is 18.9. The fraction of sp³-hybridized carbons (Fsp3) is 0.185. The third-order valence-corrected chi connectivity index (χ3v) is 7.60. The number of carbonyl (C=O) groups excluding carboxylic acids is 1. The summed E-state index contributed by atoms with van der Waals surface area (Å²) in [6.45, 7) is 6.09. The Balaban J connectivity index is 1.73. The molecular weight excluding hydrogens is 451 g/mol. The van der Waals surface area contributed by atoms with E-state index in [4.69, 9.17) is 0 Å². The molecule has 170 valence electrons. The lowest BCUT2D eigenvalue weighted by Crippen LogP contribution is -2.30. The van der Waals surface area contributed by atoms with E-state index in [0.29, 0.717) is 23.1 Å². The zero-order valence-corrected chi connectivity index (χ0v) is 19.7. The van der Waals surface area contributed by atoms with Crippen LogP contribution in [-0.2, 0) is 22.1 Å². The summed E-state index contributed by atoms with van der Waals surface area (Å²) in [5, 5.41) is 10.1. The molecule has 5 rings (SSSR count).